The molecular weight excluding hydrogens is 308 g/mol. The maximum Gasteiger partial charge on any atom is 0.242 e. The minimum absolute atomic E-state index is 0.0461. The Kier molecular flexibility index (Phi) is 5.05. The zero-order chi connectivity index (χ0) is 16.9. The second-order valence-electron chi connectivity index (χ2n) is 5.81. The number of rotatable bonds is 5. The number of hydrogen-bond acceptors (Lipinski definition) is 7. The molecule has 8 nitrogen and oxygen atoms in total. The van der Waals surface area contributed by atoms with E-state index < -0.39 is 0 Å². The summed E-state index contributed by atoms with van der Waals surface area (Å²) in [5.41, 5.74) is 0. The number of hydrogen-bond donors (Lipinski definition) is 1. The molecule has 1 saturated heterocycles. The highest BCUT2D eigenvalue weighted by atomic mass is 16.5. The Hall–Kier alpha value is -2.48. The molecule has 0 aliphatic carbocycles. The van der Waals surface area contributed by atoms with Gasteiger partial charge in [0.25, 0.3) is 0 Å². The summed E-state index contributed by atoms with van der Waals surface area (Å²) < 4.78 is 4.99. The maximum atomic E-state index is 12.5. The number of amides is 1. The van der Waals surface area contributed by atoms with Crippen LogP contribution in [0.15, 0.2) is 29.0 Å². The topological polar surface area (TPSA) is 87.4 Å². The van der Waals surface area contributed by atoms with E-state index >= 15 is 0 Å². The van der Waals surface area contributed by atoms with Crippen molar-refractivity contribution in [3.63, 3.8) is 0 Å². The van der Waals surface area contributed by atoms with Crippen LogP contribution in [0.3, 0.4) is 0 Å². The van der Waals surface area contributed by atoms with E-state index in [1.165, 1.54) is 0 Å². The largest absolute Gasteiger partial charge is 0.360 e. The molecule has 0 bridgehead atoms. The molecule has 1 aliphatic rings. The van der Waals surface area contributed by atoms with Gasteiger partial charge in [0, 0.05) is 44.6 Å². The number of anilines is 2. The summed E-state index contributed by atoms with van der Waals surface area (Å²) in [5, 5.41) is 6.65. The predicted molar refractivity (Wildman–Crippen MR) is 89.8 cm³/mol. The zero-order valence-corrected chi connectivity index (χ0v) is 14.0. The molecule has 1 atom stereocenters. The Bertz CT molecular complexity index is 666. The highest BCUT2D eigenvalue weighted by molar-refractivity contribution is 5.94. The Morgan fingerprint density at radius 1 is 1.29 bits per heavy atom. The van der Waals surface area contributed by atoms with Crippen LogP contribution in [0.25, 0.3) is 0 Å². The second kappa shape index (κ2) is 7.39. The first-order valence-corrected chi connectivity index (χ1v) is 8.17. The average Bonchev–Trinajstić information content (AvgIpc) is 3.02. The molecule has 0 spiro atoms. The number of carbonyl (C=O) groups is 1. The van der Waals surface area contributed by atoms with Gasteiger partial charge in [0.15, 0.2) is 5.82 Å². The van der Waals surface area contributed by atoms with Gasteiger partial charge in [-0.1, -0.05) is 12.1 Å². The summed E-state index contributed by atoms with van der Waals surface area (Å²) in [6, 6.07) is 3.35. The fourth-order valence-electron chi connectivity index (χ4n) is 2.93. The third kappa shape index (κ3) is 3.70. The van der Waals surface area contributed by atoms with Crippen LogP contribution in [0.1, 0.15) is 19.1 Å². The molecule has 0 aromatic carbocycles. The quantitative estimate of drug-likeness (QED) is 0.884. The fraction of sp³-hybridized carbons (Fsp3) is 0.500. The van der Waals surface area contributed by atoms with Gasteiger partial charge in [-0.25, -0.2) is 9.97 Å². The molecule has 3 heterocycles. The average molecular weight is 330 g/mol. The van der Waals surface area contributed by atoms with Gasteiger partial charge in [-0.05, 0) is 19.4 Å². The van der Waals surface area contributed by atoms with Gasteiger partial charge in [-0.3, -0.25) is 9.69 Å². The normalized spacial score (nSPS) is 16.8. The number of aryl methyl sites for hydroxylation is 1. The van der Waals surface area contributed by atoms with E-state index in [1.807, 2.05) is 13.0 Å². The Morgan fingerprint density at radius 3 is 2.58 bits per heavy atom. The van der Waals surface area contributed by atoms with E-state index in [9.17, 15) is 4.79 Å². The van der Waals surface area contributed by atoms with E-state index in [4.69, 9.17) is 4.52 Å². The molecule has 3 rings (SSSR count). The molecule has 128 valence electrons. The number of aromatic nitrogens is 3. The molecule has 1 unspecified atom stereocenters. The van der Waals surface area contributed by atoms with E-state index in [2.05, 4.69) is 30.2 Å². The van der Waals surface area contributed by atoms with Crippen molar-refractivity contribution in [3.05, 3.63) is 30.3 Å². The molecule has 0 radical (unpaired) electrons. The summed E-state index contributed by atoms with van der Waals surface area (Å²) >= 11 is 0. The van der Waals surface area contributed by atoms with Crippen molar-refractivity contribution in [1.29, 1.82) is 0 Å². The van der Waals surface area contributed by atoms with E-state index in [0.29, 0.717) is 11.6 Å². The fourth-order valence-corrected chi connectivity index (χ4v) is 2.93. The van der Waals surface area contributed by atoms with E-state index in [-0.39, 0.29) is 11.9 Å². The first kappa shape index (κ1) is 16.4. The van der Waals surface area contributed by atoms with Crippen LogP contribution in [0.5, 0.6) is 0 Å². The number of nitrogens with zero attached hydrogens (tertiary/aromatic N) is 5. The van der Waals surface area contributed by atoms with Gasteiger partial charge in [0.2, 0.25) is 11.9 Å². The lowest BCUT2D eigenvalue weighted by molar-refractivity contribution is -0.121. The summed E-state index contributed by atoms with van der Waals surface area (Å²) in [4.78, 5) is 25.4. The first-order valence-electron chi connectivity index (χ1n) is 8.17. The molecule has 1 N–H and O–H groups in total. The van der Waals surface area contributed by atoms with Crippen molar-refractivity contribution in [1.82, 2.24) is 20.0 Å². The van der Waals surface area contributed by atoms with Crippen LogP contribution in [0.2, 0.25) is 0 Å². The molecule has 1 aliphatic heterocycles. The number of piperazine rings is 1. The molecule has 0 saturated carbocycles. The van der Waals surface area contributed by atoms with Gasteiger partial charge in [-0.15, -0.1) is 0 Å². The van der Waals surface area contributed by atoms with Crippen LogP contribution in [-0.2, 0) is 4.79 Å². The lowest BCUT2D eigenvalue weighted by Gasteiger charge is -2.38. The Labute approximate surface area is 140 Å². The van der Waals surface area contributed by atoms with Gasteiger partial charge in [0.1, 0.15) is 5.76 Å². The van der Waals surface area contributed by atoms with Crippen molar-refractivity contribution in [2.24, 2.45) is 0 Å². The lowest BCUT2D eigenvalue weighted by Crippen LogP contribution is -2.54. The van der Waals surface area contributed by atoms with E-state index in [1.54, 1.807) is 25.4 Å². The number of carbonyl (C=O) groups excluding carboxylic acids is 1. The SMILES string of the molecule is CCC(C(=O)Nc1cc(C)on1)N1CCN(c2ncccn2)CC1. The monoisotopic (exact) mass is 330 g/mol. The highest BCUT2D eigenvalue weighted by Gasteiger charge is 2.28. The van der Waals surface area contributed by atoms with Crippen LogP contribution in [0, 0.1) is 6.92 Å². The first-order chi connectivity index (χ1) is 11.7. The predicted octanol–water partition coefficient (Wildman–Crippen LogP) is 1.31. The Morgan fingerprint density at radius 2 is 2.00 bits per heavy atom. The van der Waals surface area contributed by atoms with Gasteiger partial charge in [0.05, 0.1) is 6.04 Å². The smallest absolute Gasteiger partial charge is 0.242 e. The third-order valence-electron chi connectivity index (χ3n) is 4.16. The van der Waals surface area contributed by atoms with Crippen LogP contribution in [0.4, 0.5) is 11.8 Å². The molecule has 1 amide bonds. The number of nitrogens with one attached hydrogen (secondary N) is 1. The molecule has 2 aromatic heterocycles. The summed E-state index contributed by atoms with van der Waals surface area (Å²) in [6.07, 6.45) is 4.23. The molecule has 1 fully saturated rings. The van der Waals surface area contributed by atoms with Crippen molar-refractivity contribution in [2.45, 2.75) is 26.3 Å². The Balaban J connectivity index is 1.58. The third-order valence-corrected chi connectivity index (χ3v) is 4.16. The molecule has 2 aromatic rings. The van der Waals surface area contributed by atoms with Gasteiger partial charge in [-0.2, -0.15) is 0 Å². The van der Waals surface area contributed by atoms with Crippen molar-refractivity contribution in [2.75, 3.05) is 36.4 Å². The zero-order valence-electron chi connectivity index (χ0n) is 14.0. The van der Waals surface area contributed by atoms with Gasteiger partial charge < -0.3 is 14.7 Å². The van der Waals surface area contributed by atoms with Crippen LogP contribution in [-0.4, -0.2) is 58.2 Å². The summed E-state index contributed by atoms with van der Waals surface area (Å²) in [7, 11) is 0. The minimum Gasteiger partial charge on any atom is -0.360 e. The molecule has 24 heavy (non-hydrogen) atoms. The van der Waals surface area contributed by atoms with Crippen LogP contribution < -0.4 is 10.2 Å². The van der Waals surface area contributed by atoms with Crippen molar-refractivity contribution < 1.29 is 9.32 Å². The summed E-state index contributed by atoms with van der Waals surface area (Å²) in [5.74, 6) is 1.84. The molecule has 8 heteroatoms. The minimum atomic E-state index is -0.180. The maximum absolute atomic E-state index is 12.5. The second-order valence-corrected chi connectivity index (χ2v) is 5.81. The lowest BCUT2D eigenvalue weighted by atomic mass is 10.1. The van der Waals surface area contributed by atoms with Crippen LogP contribution >= 0.6 is 0 Å². The molecular formula is C16H22N6O2. The standard InChI is InChI=1S/C16H22N6O2/c1-3-13(15(23)19-14-11-12(2)24-20-14)21-7-9-22(10-8-21)16-17-5-4-6-18-16/h4-6,11,13H,3,7-10H2,1-2H3,(H,19,20,23). The van der Waals surface area contributed by atoms with Gasteiger partial charge >= 0.3 is 0 Å². The van der Waals surface area contributed by atoms with E-state index in [0.717, 1.165) is 38.5 Å². The highest BCUT2D eigenvalue weighted by Crippen LogP contribution is 2.15. The van der Waals surface area contributed by atoms with Crippen molar-refractivity contribution in [3.8, 4) is 0 Å². The summed E-state index contributed by atoms with van der Waals surface area (Å²) in [6.45, 7) is 7.01. The van der Waals surface area contributed by atoms with Crippen molar-refractivity contribution >= 4 is 17.7 Å².